The van der Waals surface area contributed by atoms with E-state index in [1.165, 1.54) is 11.1 Å². The molecular weight excluding hydrogens is 500 g/mol. The number of amides is 1. The minimum Gasteiger partial charge on any atom is -0.478 e. The third-order valence-electron chi connectivity index (χ3n) is 6.29. The quantitative estimate of drug-likeness (QED) is 0.184. The normalized spacial score (nSPS) is 12.1. The van der Waals surface area contributed by atoms with Crippen LogP contribution in [0.2, 0.25) is 0 Å². The molecule has 1 amide bonds. The van der Waals surface area contributed by atoms with Gasteiger partial charge in [0.1, 0.15) is 5.82 Å². The van der Waals surface area contributed by atoms with Gasteiger partial charge in [0, 0.05) is 43.7 Å². The highest BCUT2D eigenvalue weighted by molar-refractivity contribution is 6.00. The van der Waals surface area contributed by atoms with E-state index < -0.39 is 11.8 Å². The smallest absolute Gasteiger partial charge is 0.245 e. The Balaban J connectivity index is 1.56. The summed E-state index contributed by atoms with van der Waals surface area (Å²) in [7, 11) is 3.44. The molecule has 0 atom stereocenters. The lowest BCUT2D eigenvalue weighted by Crippen LogP contribution is -2.18. The molecule has 0 unspecified atom stereocenters. The molecule has 3 aromatic heterocycles. The third-order valence-corrected chi connectivity index (χ3v) is 6.29. The summed E-state index contributed by atoms with van der Waals surface area (Å²) in [5.41, 5.74) is 3.88. The Morgan fingerprint density at radius 1 is 1.08 bits per heavy atom. The minimum absolute atomic E-state index is 0.0309. The van der Waals surface area contributed by atoms with Crippen molar-refractivity contribution >= 4 is 28.0 Å². The van der Waals surface area contributed by atoms with Gasteiger partial charge < -0.3 is 9.64 Å². The number of likely N-dealkylation sites (N-methyl/N-ethyl adjacent to an activating group) is 1. The molecule has 1 N–H and O–H groups in total. The van der Waals surface area contributed by atoms with E-state index >= 15 is 0 Å². The number of unbranched alkanes of at least 4 members (excludes halogenated alkanes) is 2. The summed E-state index contributed by atoms with van der Waals surface area (Å²) in [6, 6.07) is 10.6. The predicted molar refractivity (Wildman–Crippen MR) is 148 cm³/mol. The summed E-state index contributed by atoms with van der Waals surface area (Å²) >= 11 is 0. The Morgan fingerprint density at radius 3 is 2.62 bits per heavy atom. The van der Waals surface area contributed by atoms with Crippen molar-refractivity contribution in [2.45, 2.75) is 32.6 Å². The molecule has 0 aliphatic rings. The molecule has 202 valence electrons. The van der Waals surface area contributed by atoms with E-state index in [9.17, 15) is 13.6 Å². The zero-order chi connectivity index (χ0) is 27.8. The maximum atomic E-state index is 14.8. The van der Waals surface area contributed by atoms with Crippen LogP contribution in [0.15, 0.2) is 67.1 Å². The zero-order valence-corrected chi connectivity index (χ0v) is 22.2. The van der Waals surface area contributed by atoms with Crippen LogP contribution >= 0.6 is 0 Å². The standard InChI is InChI=1S/C30H31F2N5O2/c1-4-22(23-14-15-33-19-25(23)31)29(20-10-12-26-24(17-20)30(32)36-35-26)21-11-13-27(34-18-21)39-16-8-6-5-7-9-28(38)37(2)3/h7,9-15,17-19H,4-6,8,16H2,1-3H3,(H,35,36)/b9-7+,29-22-. The second-order valence-corrected chi connectivity index (χ2v) is 9.20. The number of halogens is 2. The molecule has 7 nitrogen and oxygen atoms in total. The van der Waals surface area contributed by atoms with Crippen molar-refractivity contribution in [1.82, 2.24) is 25.1 Å². The van der Waals surface area contributed by atoms with Crippen molar-refractivity contribution in [3.63, 3.8) is 0 Å². The first kappa shape index (κ1) is 27.6. The molecule has 39 heavy (non-hydrogen) atoms. The number of carbonyl (C=O) groups is 1. The number of hydrogen-bond donors (Lipinski definition) is 1. The summed E-state index contributed by atoms with van der Waals surface area (Å²) in [6.07, 6.45) is 10.9. The number of rotatable bonds is 11. The molecule has 3 heterocycles. The van der Waals surface area contributed by atoms with Gasteiger partial charge in [0.2, 0.25) is 17.7 Å². The Kier molecular flexibility index (Phi) is 9.14. The fraction of sp³-hybridized carbons (Fsp3) is 0.267. The Morgan fingerprint density at radius 2 is 1.90 bits per heavy atom. The van der Waals surface area contributed by atoms with Crippen LogP contribution in [-0.4, -0.2) is 51.7 Å². The van der Waals surface area contributed by atoms with Gasteiger partial charge in [0.05, 0.1) is 23.7 Å². The van der Waals surface area contributed by atoms with Crippen LogP contribution in [0.3, 0.4) is 0 Å². The number of carbonyl (C=O) groups excluding carboxylic acids is 1. The molecular formula is C30H31F2N5O2. The Bertz CT molecular complexity index is 1490. The fourth-order valence-corrected chi connectivity index (χ4v) is 4.26. The molecule has 4 rings (SSSR count). The van der Waals surface area contributed by atoms with Crippen LogP contribution in [0.4, 0.5) is 8.78 Å². The van der Waals surface area contributed by atoms with Crippen LogP contribution in [0, 0.1) is 11.8 Å². The molecule has 0 radical (unpaired) electrons. The summed E-state index contributed by atoms with van der Waals surface area (Å²) < 4.78 is 35.0. The van der Waals surface area contributed by atoms with Crippen LogP contribution in [0.1, 0.15) is 49.3 Å². The zero-order valence-electron chi connectivity index (χ0n) is 22.2. The average Bonchev–Trinajstić information content (AvgIpc) is 3.31. The van der Waals surface area contributed by atoms with Crippen molar-refractivity contribution < 1.29 is 18.3 Å². The van der Waals surface area contributed by atoms with Crippen molar-refractivity contribution in [1.29, 1.82) is 0 Å². The first-order chi connectivity index (χ1) is 18.9. The number of aromatic nitrogens is 4. The predicted octanol–water partition coefficient (Wildman–Crippen LogP) is 6.19. The number of hydrogen-bond acceptors (Lipinski definition) is 5. The molecule has 0 bridgehead atoms. The third kappa shape index (κ3) is 6.73. The highest BCUT2D eigenvalue weighted by atomic mass is 19.1. The molecule has 9 heteroatoms. The fourth-order valence-electron chi connectivity index (χ4n) is 4.26. The van der Waals surface area contributed by atoms with E-state index in [2.05, 4.69) is 20.2 Å². The molecule has 0 saturated heterocycles. The molecule has 0 saturated carbocycles. The molecule has 0 fully saturated rings. The molecule has 1 aromatic carbocycles. The highest BCUT2D eigenvalue weighted by Gasteiger charge is 2.18. The minimum atomic E-state index is -0.527. The lowest BCUT2D eigenvalue weighted by atomic mass is 9.88. The van der Waals surface area contributed by atoms with Gasteiger partial charge in [-0.25, -0.2) is 9.37 Å². The largest absolute Gasteiger partial charge is 0.478 e. The van der Waals surface area contributed by atoms with Gasteiger partial charge in [-0.15, -0.1) is 0 Å². The second kappa shape index (κ2) is 12.9. The first-order valence-electron chi connectivity index (χ1n) is 12.8. The van der Waals surface area contributed by atoms with E-state index in [0.717, 1.165) is 36.0 Å². The number of nitrogens with zero attached hydrogens (tertiary/aromatic N) is 4. The second-order valence-electron chi connectivity index (χ2n) is 9.20. The summed E-state index contributed by atoms with van der Waals surface area (Å²) in [5.74, 6) is -0.519. The van der Waals surface area contributed by atoms with Gasteiger partial charge in [0.25, 0.3) is 0 Å². The molecule has 0 aliphatic carbocycles. The van der Waals surface area contributed by atoms with Gasteiger partial charge in [-0.2, -0.15) is 9.49 Å². The topological polar surface area (TPSA) is 84.0 Å². The monoisotopic (exact) mass is 531 g/mol. The SMILES string of the molecule is CC/C(=C(/c1ccc(OCCCC/C=C/C(=O)N(C)C)nc1)c1ccc2n[nH]c(F)c2c1)c1ccncc1F. The number of benzene rings is 1. The van der Waals surface area contributed by atoms with E-state index in [0.29, 0.717) is 40.9 Å². The van der Waals surface area contributed by atoms with Crippen molar-refractivity contribution in [2.75, 3.05) is 20.7 Å². The van der Waals surface area contributed by atoms with Crippen molar-refractivity contribution in [3.8, 4) is 5.88 Å². The maximum Gasteiger partial charge on any atom is 0.245 e. The van der Waals surface area contributed by atoms with Gasteiger partial charge in [-0.05, 0) is 72.7 Å². The number of nitrogens with one attached hydrogen (secondary N) is 1. The summed E-state index contributed by atoms with van der Waals surface area (Å²) in [4.78, 5) is 21.5. The molecule has 0 spiro atoms. The van der Waals surface area contributed by atoms with Gasteiger partial charge in [0.15, 0.2) is 0 Å². The van der Waals surface area contributed by atoms with E-state index in [1.807, 2.05) is 25.1 Å². The number of pyridine rings is 2. The van der Waals surface area contributed by atoms with Gasteiger partial charge >= 0.3 is 0 Å². The van der Waals surface area contributed by atoms with Crippen molar-refractivity contribution in [3.05, 3.63) is 95.6 Å². The summed E-state index contributed by atoms with van der Waals surface area (Å²) in [6.45, 7) is 2.44. The maximum absolute atomic E-state index is 14.8. The lowest BCUT2D eigenvalue weighted by molar-refractivity contribution is -0.123. The number of fused-ring (bicyclic) bond motifs is 1. The summed E-state index contributed by atoms with van der Waals surface area (Å²) in [5, 5.41) is 6.69. The lowest BCUT2D eigenvalue weighted by Gasteiger charge is -2.17. The van der Waals surface area contributed by atoms with E-state index in [4.69, 9.17) is 4.74 Å². The Labute approximate surface area is 226 Å². The Hall–Kier alpha value is -4.40. The van der Waals surface area contributed by atoms with Crippen LogP contribution in [-0.2, 0) is 4.79 Å². The van der Waals surface area contributed by atoms with Crippen molar-refractivity contribution in [2.24, 2.45) is 0 Å². The van der Waals surface area contributed by atoms with Gasteiger partial charge in [-0.3, -0.25) is 14.9 Å². The molecule has 0 aliphatic heterocycles. The van der Waals surface area contributed by atoms with Crippen LogP contribution in [0.5, 0.6) is 5.88 Å². The van der Waals surface area contributed by atoms with E-state index in [-0.39, 0.29) is 5.91 Å². The number of H-pyrrole nitrogens is 1. The van der Waals surface area contributed by atoms with E-state index in [1.54, 1.807) is 56.8 Å². The number of aromatic amines is 1. The first-order valence-corrected chi connectivity index (χ1v) is 12.8. The number of ether oxygens (including phenoxy) is 1. The van der Waals surface area contributed by atoms with Gasteiger partial charge in [-0.1, -0.05) is 19.1 Å². The van der Waals surface area contributed by atoms with Crippen LogP contribution < -0.4 is 4.74 Å². The van der Waals surface area contributed by atoms with Crippen LogP contribution in [0.25, 0.3) is 22.0 Å². The molecule has 4 aromatic rings. The average molecular weight is 532 g/mol. The highest BCUT2D eigenvalue weighted by Crippen LogP contribution is 2.36. The number of allylic oxidation sites excluding steroid dienone is 2.